The highest BCUT2D eigenvalue weighted by molar-refractivity contribution is 6.05. The Morgan fingerprint density at radius 3 is 2.53 bits per heavy atom. The first kappa shape index (κ1) is 23.5. The summed E-state index contributed by atoms with van der Waals surface area (Å²) in [6, 6.07) is 9.88. The summed E-state index contributed by atoms with van der Waals surface area (Å²) in [5, 5.41) is 0.694. The molecule has 0 saturated heterocycles. The highest BCUT2D eigenvalue weighted by Crippen LogP contribution is 2.33. The molecule has 0 fully saturated rings. The molecule has 0 unspecified atom stereocenters. The van der Waals surface area contributed by atoms with Gasteiger partial charge < -0.3 is 19.8 Å². The summed E-state index contributed by atoms with van der Waals surface area (Å²) in [5.41, 5.74) is 11.3. The number of hydrogen-bond donors (Lipinski definition) is 1. The van der Waals surface area contributed by atoms with E-state index in [1.807, 2.05) is 66.0 Å². The maximum Gasteiger partial charge on any atom is 0.259 e. The van der Waals surface area contributed by atoms with Crippen LogP contribution < -0.4 is 11.3 Å². The van der Waals surface area contributed by atoms with E-state index < -0.39 is 0 Å². The van der Waals surface area contributed by atoms with Gasteiger partial charge in [-0.15, -0.1) is 0 Å². The smallest absolute Gasteiger partial charge is 0.259 e. The summed E-state index contributed by atoms with van der Waals surface area (Å²) in [4.78, 5) is 32.5. The quantitative estimate of drug-likeness (QED) is 0.566. The third-order valence-electron chi connectivity index (χ3n) is 6.36. The standard InChI is InChI=1S/C27H33N5O2/c1-5-11-32(12-6-2)26(33)20-14-18-8-9-19(15-22(18)29-25(28)16-20)24-17-21-23(30(24)4)10-13-31(7-3)27(21)34/h8-10,13-15,17H,5-7,11-12,16H2,1-4H3,(H2,28,29). The molecule has 0 radical (unpaired) electrons. The molecular formula is C27H33N5O2. The molecule has 2 N–H and O–H groups in total. The maximum absolute atomic E-state index is 13.2. The van der Waals surface area contributed by atoms with Gasteiger partial charge in [0, 0.05) is 61.7 Å². The molecule has 0 saturated carbocycles. The summed E-state index contributed by atoms with van der Waals surface area (Å²) in [7, 11) is 1.96. The molecule has 1 aliphatic heterocycles. The Hall–Kier alpha value is -3.61. The first-order valence-electron chi connectivity index (χ1n) is 12.0. The van der Waals surface area contributed by atoms with E-state index in [2.05, 4.69) is 18.8 Å². The number of aromatic nitrogens is 2. The van der Waals surface area contributed by atoms with Crippen molar-refractivity contribution in [3.63, 3.8) is 0 Å². The van der Waals surface area contributed by atoms with Gasteiger partial charge in [0.05, 0.1) is 16.6 Å². The highest BCUT2D eigenvalue weighted by Gasteiger charge is 2.21. The number of carbonyl (C=O) groups excluding carboxylic acids is 1. The summed E-state index contributed by atoms with van der Waals surface area (Å²) in [6.45, 7) is 8.21. The van der Waals surface area contributed by atoms with Crippen molar-refractivity contribution < 1.29 is 4.79 Å². The Kier molecular flexibility index (Phi) is 6.72. The fourth-order valence-electron chi connectivity index (χ4n) is 4.64. The van der Waals surface area contributed by atoms with Crippen molar-refractivity contribution in [3.05, 3.63) is 58.0 Å². The number of nitrogens with zero attached hydrogens (tertiary/aromatic N) is 4. The molecule has 0 aliphatic carbocycles. The van der Waals surface area contributed by atoms with Gasteiger partial charge in [0.2, 0.25) is 5.91 Å². The lowest BCUT2D eigenvalue weighted by Crippen LogP contribution is -2.34. The zero-order valence-corrected chi connectivity index (χ0v) is 20.5. The molecule has 2 aromatic heterocycles. The number of aliphatic imine (C=N–C) groups is 1. The molecular weight excluding hydrogens is 426 g/mol. The van der Waals surface area contributed by atoms with Crippen molar-refractivity contribution in [1.82, 2.24) is 14.0 Å². The number of benzene rings is 1. The number of pyridine rings is 1. The van der Waals surface area contributed by atoms with Crippen LogP contribution >= 0.6 is 0 Å². The molecule has 4 rings (SSSR count). The van der Waals surface area contributed by atoms with Crippen LogP contribution in [0.4, 0.5) is 5.69 Å². The number of amides is 1. The van der Waals surface area contributed by atoms with Gasteiger partial charge in [-0.1, -0.05) is 26.0 Å². The molecule has 3 heterocycles. The van der Waals surface area contributed by atoms with Crippen LogP contribution in [0.15, 0.2) is 51.9 Å². The fourth-order valence-corrected chi connectivity index (χ4v) is 4.64. The van der Waals surface area contributed by atoms with Crippen molar-refractivity contribution in [1.29, 1.82) is 0 Å². The lowest BCUT2D eigenvalue weighted by Gasteiger charge is -2.22. The minimum Gasteiger partial charge on any atom is -0.387 e. The number of hydrogen-bond acceptors (Lipinski definition) is 4. The Morgan fingerprint density at radius 1 is 1.12 bits per heavy atom. The minimum absolute atomic E-state index is 0.00803. The molecule has 3 aromatic rings. The van der Waals surface area contributed by atoms with Crippen LogP contribution in [0.3, 0.4) is 0 Å². The Labute approximate surface area is 200 Å². The second-order valence-corrected chi connectivity index (χ2v) is 8.81. The van der Waals surface area contributed by atoms with Crippen LogP contribution in [0.5, 0.6) is 0 Å². The second-order valence-electron chi connectivity index (χ2n) is 8.81. The average Bonchev–Trinajstić information content (AvgIpc) is 3.06. The molecule has 34 heavy (non-hydrogen) atoms. The maximum atomic E-state index is 13.2. The molecule has 0 atom stereocenters. The number of aryl methyl sites for hydroxylation is 2. The van der Waals surface area contributed by atoms with Crippen molar-refractivity contribution >= 4 is 34.4 Å². The Balaban J connectivity index is 1.76. The first-order chi connectivity index (χ1) is 16.4. The number of rotatable bonds is 7. The molecule has 7 heteroatoms. The third-order valence-corrected chi connectivity index (χ3v) is 6.36. The summed E-state index contributed by atoms with van der Waals surface area (Å²) >= 11 is 0. The number of carbonyl (C=O) groups is 1. The molecule has 0 bridgehead atoms. The van der Waals surface area contributed by atoms with Crippen LogP contribution in [-0.4, -0.2) is 38.9 Å². The van der Waals surface area contributed by atoms with E-state index in [0.29, 0.717) is 29.8 Å². The van der Waals surface area contributed by atoms with Gasteiger partial charge in [0.25, 0.3) is 5.56 Å². The van der Waals surface area contributed by atoms with Crippen LogP contribution in [0, 0.1) is 0 Å². The lowest BCUT2D eigenvalue weighted by atomic mass is 10.0. The van der Waals surface area contributed by atoms with E-state index in [0.717, 1.165) is 54.0 Å². The number of amidine groups is 1. The van der Waals surface area contributed by atoms with Crippen molar-refractivity contribution in [2.75, 3.05) is 13.1 Å². The summed E-state index contributed by atoms with van der Waals surface area (Å²) in [6.07, 6.45) is 5.91. The molecule has 0 spiro atoms. The van der Waals surface area contributed by atoms with Gasteiger partial charge >= 0.3 is 0 Å². The van der Waals surface area contributed by atoms with Gasteiger partial charge in [0.1, 0.15) is 5.84 Å². The van der Waals surface area contributed by atoms with Crippen LogP contribution in [0.2, 0.25) is 0 Å². The first-order valence-corrected chi connectivity index (χ1v) is 12.0. The number of nitrogens with two attached hydrogens (primary N) is 1. The second kappa shape index (κ2) is 9.71. The normalized spacial score (nSPS) is 13.3. The van der Waals surface area contributed by atoms with Gasteiger partial charge in [-0.3, -0.25) is 9.59 Å². The Bertz CT molecular complexity index is 1350. The SMILES string of the molecule is CCCN(CCC)C(=O)C1=Cc2ccc(-c3cc4c(=O)n(CC)ccc4n3C)cc2N=C(N)C1. The van der Waals surface area contributed by atoms with E-state index in [-0.39, 0.29) is 11.5 Å². The van der Waals surface area contributed by atoms with E-state index in [1.165, 1.54) is 0 Å². The highest BCUT2D eigenvalue weighted by atomic mass is 16.2. The van der Waals surface area contributed by atoms with Crippen LogP contribution in [0.25, 0.3) is 28.2 Å². The van der Waals surface area contributed by atoms with Crippen LogP contribution in [-0.2, 0) is 18.4 Å². The van der Waals surface area contributed by atoms with E-state index in [1.54, 1.807) is 4.57 Å². The van der Waals surface area contributed by atoms with Gasteiger partial charge in [-0.05, 0) is 44.0 Å². The predicted octanol–water partition coefficient (Wildman–Crippen LogP) is 4.45. The molecule has 1 aliphatic rings. The van der Waals surface area contributed by atoms with Crippen molar-refractivity contribution in [2.24, 2.45) is 17.8 Å². The average molecular weight is 460 g/mol. The summed E-state index contributed by atoms with van der Waals surface area (Å²) in [5.74, 6) is 0.450. The largest absolute Gasteiger partial charge is 0.387 e. The van der Waals surface area contributed by atoms with E-state index >= 15 is 0 Å². The van der Waals surface area contributed by atoms with Gasteiger partial charge in [-0.25, -0.2) is 4.99 Å². The predicted molar refractivity (Wildman–Crippen MR) is 139 cm³/mol. The molecule has 1 amide bonds. The fraction of sp³-hybridized carbons (Fsp3) is 0.370. The van der Waals surface area contributed by atoms with Gasteiger partial charge in [-0.2, -0.15) is 0 Å². The van der Waals surface area contributed by atoms with Crippen molar-refractivity contribution in [2.45, 2.75) is 46.6 Å². The molecule has 7 nitrogen and oxygen atoms in total. The van der Waals surface area contributed by atoms with E-state index in [9.17, 15) is 9.59 Å². The summed E-state index contributed by atoms with van der Waals surface area (Å²) < 4.78 is 3.73. The zero-order valence-electron chi connectivity index (χ0n) is 20.5. The van der Waals surface area contributed by atoms with Gasteiger partial charge in [0.15, 0.2) is 0 Å². The minimum atomic E-state index is 0.00803. The molecule has 178 valence electrons. The topological polar surface area (TPSA) is 85.6 Å². The molecule has 1 aromatic carbocycles. The zero-order chi connectivity index (χ0) is 24.4. The van der Waals surface area contributed by atoms with Crippen LogP contribution in [0.1, 0.15) is 45.6 Å². The monoisotopic (exact) mass is 459 g/mol. The Morgan fingerprint density at radius 2 is 1.85 bits per heavy atom. The number of fused-ring (bicyclic) bond motifs is 2. The van der Waals surface area contributed by atoms with Crippen molar-refractivity contribution in [3.8, 4) is 11.3 Å². The van der Waals surface area contributed by atoms with E-state index in [4.69, 9.17) is 5.73 Å². The lowest BCUT2D eigenvalue weighted by molar-refractivity contribution is -0.127. The third kappa shape index (κ3) is 4.30.